The maximum Gasteiger partial charge on any atom is 0.0368 e. The Hall–Kier alpha value is -0.230. The smallest absolute Gasteiger partial charge is 0.0368 e. The van der Waals surface area contributed by atoms with Gasteiger partial charge in [-0.2, -0.15) is 0 Å². The molecule has 0 saturated heterocycles. The van der Waals surface area contributed by atoms with Gasteiger partial charge in [0.2, 0.25) is 0 Å². The Kier molecular flexibility index (Phi) is 2.04. The van der Waals surface area contributed by atoms with Crippen LogP contribution in [0, 0.1) is 17.8 Å². The fourth-order valence-corrected chi connectivity index (χ4v) is 2.91. The summed E-state index contributed by atoms with van der Waals surface area (Å²) in [6.45, 7) is 4.55. The third-order valence-electron chi connectivity index (χ3n) is 3.36. The second-order valence-corrected chi connectivity index (χ2v) is 4.61. The minimum absolute atomic E-state index is 0.725. The molecule has 0 heterocycles. The summed E-state index contributed by atoms with van der Waals surface area (Å²) >= 11 is 6.03. The van der Waals surface area contributed by atoms with E-state index < -0.39 is 0 Å². The van der Waals surface area contributed by atoms with Crippen LogP contribution in [0.3, 0.4) is 0 Å². The number of allylic oxidation sites excluding steroid dienone is 4. The van der Waals surface area contributed by atoms with Crippen LogP contribution in [0.1, 0.15) is 26.7 Å². The van der Waals surface area contributed by atoms with Crippen molar-refractivity contribution < 1.29 is 0 Å². The topological polar surface area (TPSA) is 0 Å². The van der Waals surface area contributed by atoms with Gasteiger partial charge in [-0.05, 0) is 43.6 Å². The molecule has 2 aliphatic rings. The van der Waals surface area contributed by atoms with Crippen LogP contribution in [0.25, 0.3) is 0 Å². The molecule has 0 N–H and O–H groups in total. The summed E-state index contributed by atoms with van der Waals surface area (Å²) in [6.07, 6.45) is 7.09. The Labute approximate surface area is 79.3 Å². The van der Waals surface area contributed by atoms with E-state index in [1.165, 1.54) is 18.4 Å². The molecule has 0 bridgehead atoms. The molecule has 0 aromatic rings. The van der Waals surface area contributed by atoms with E-state index in [0.29, 0.717) is 0 Å². The minimum Gasteiger partial charge on any atom is -0.0847 e. The van der Waals surface area contributed by atoms with Gasteiger partial charge < -0.3 is 0 Å². The first-order chi connectivity index (χ1) is 5.68. The summed E-state index contributed by atoms with van der Waals surface area (Å²) in [4.78, 5) is 0. The molecule has 12 heavy (non-hydrogen) atoms. The lowest BCUT2D eigenvalue weighted by Crippen LogP contribution is -2.14. The average Bonchev–Trinajstić information content (AvgIpc) is 2.33. The highest BCUT2D eigenvalue weighted by atomic mass is 35.5. The van der Waals surface area contributed by atoms with Gasteiger partial charge in [0.15, 0.2) is 0 Å². The summed E-state index contributed by atoms with van der Waals surface area (Å²) in [5, 5.41) is 0.947. The van der Waals surface area contributed by atoms with Crippen molar-refractivity contribution in [2.75, 3.05) is 0 Å². The average molecular weight is 183 g/mol. The van der Waals surface area contributed by atoms with E-state index in [9.17, 15) is 0 Å². The van der Waals surface area contributed by atoms with Crippen LogP contribution < -0.4 is 0 Å². The zero-order chi connectivity index (χ0) is 8.72. The van der Waals surface area contributed by atoms with Gasteiger partial charge in [0, 0.05) is 5.03 Å². The molecule has 1 fully saturated rings. The SMILES string of the molecule is CC1=CC(Cl)=CC2C(C)CCC12. The van der Waals surface area contributed by atoms with E-state index >= 15 is 0 Å². The molecule has 2 aliphatic carbocycles. The molecule has 1 heteroatoms. The number of hydrogen-bond acceptors (Lipinski definition) is 0. The van der Waals surface area contributed by atoms with Crippen molar-refractivity contribution in [2.45, 2.75) is 26.7 Å². The first kappa shape index (κ1) is 8.37. The van der Waals surface area contributed by atoms with Gasteiger partial charge in [-0.25, -0.2) is 0 Å². The molecular formula is C11H15Cl. The van der Waals surface area contributed by atoms with Crippen LogP contribution >= 0.6 is 11.6 Å². The Morgan fingerprint density at radius 2 is 2.17 bits per heavy atom. The molecule has 3 unspecified atom stereocenters. The first-order valence-electron chi connectivity index (χ1n) is 4.74. The van der Waals surface area contributed by atoms with Gasteiger partial charge >= 0.3 is 0 Å². The molecule has 0 amide bonds. The molecule has 0 aromatic carbocycles. The van der Waals surface area contributed by atoms with Gasteiger partial charge in [0.05, 0.1) is 0 Å². The molecule has 3 atom stereocenters. The van der Waals surface area contributed by atoms with Gasteiger partial charge in [0.25, 0.3) is 0 Å². The second kappa shape index (κ2) is 2.92. The molecule has 2 rings (SSSR count). The number of rotatable bonds is 0. The maximum absolute atomic E-state index is 6.03. The van der Waals surface area contributed by atoms with Crippen molar-refractivity contribution in [1.82, 2.24) is 0 Å². The van der Waals surface area contributed by atoms with Crippen molar-refractivity contribution in [3.63, 3.8) is 0 Å². The summed E-state index contributed by atoms with van der Waals surface area (Å²) in [5.41, 5.74) is 1.48. The standard InChI is InChI=1S/C11H15Cl/c1-7-3-4-10-8(2)5-9(12)6-11(7)10/h5-7,10-11H,3-4H2,1-2H3. The van der Waals surface area contributed by atoms with Gasteiger partial charge in [-0.3, -0.25) is 0 Å². The highest BCUT2D eigenvalue weighted by Crippen LogP contribution is 2.45. The Balaban J connectivity index is 2.30. The highest BCUT2D eigenvalue weighted by molar-refractivity contribution is 6.31. The van der Waals surface area contributed by atoms with Gasteiger partial charge in [-0.1, -0.05) is 30.2 Å². The molecule has 0 aliphatic heterocycles. The zero-order valence-corrected chi connectivity index (χ0v) is 8.43. The zero-order valence-electron chi connectivity index (χ0n) is 7.68. The predicted molar refractivity (Wildman–Crippen MR) is 53.1 cm³/mol. The first-order valence-corrected chi connectivity index (χ1v) is 5.12. The van der Waals surface area contributed by atoms with Crippen molar-refractivity contribution in [1.29, 1.82) is 0 Å². The number of halogens is 1. The fraction of sp³-hybridized carbons (Fsp3) is 0.636. The molecular weight excluding hydrogens is 168 g/mol. The second-order valence-electron chi connectivity index (χ2n) is 4.18. The van der Waals surface area contributed by atoms with E-state index in [-0.39, 0.29) is 0 Å². The molecule has 1 saturated carbocycles. The van der Waals surface area contributed by atoms with Crippen molar-refractivity contribution in [3.8, 4) is 0 Å². The van der Waals surface area contributed by atoms with Gasteiger partial charge in [0.1, 0.15) is 0 Å². The molecule has 0 nitrogen and oxygen atoms in total. The van der Waals surface area contributed by atoms with E-state index in [2.05, 4.69) is 26.0 Å². The third-order valence-corrected chi connectivity index (χ3v) is 3.59. The Morgan fingerprint density at radius 1 is 1.42 bits per heavy atom. The molecule has 0 aromatic heterocycles. The lowest BCUT2D eigenvalue weighted by atomic mass is 9.82. The number of hydrogen-bond donors (Lipinski definition) is 0. The summed E-state index contributed by atoms with van der Waals surface area (Å²) in [7, 11) is 0. The van der Waals surface area contributed by atoms with Crippen molar-refractivity contribution >= 4 is 11.6 Å². The lowest BCUT2D eigenvalue weighted by Gasteiger charge is -2.24. The monoisotopic (exact) mass is 182 g/mol. The predicted octanol–water partition coefficient (Wildman–Crippen LogP) is 3.73. The highest BCUT2D eigenvalue weighted by Gasteiger charge is 2.34. The summed E-state index contributed by atoms with van der Waals surface area (Å²) in [6, 6.07) is 0. The molecule has 66 valence electrons. The summed E-state index contributed by atoms with van der Waals surface area (Å²) in [5.74, 6) is 2.34. The van der Waals surface area contributed by atoms with E-state index in [4.69, 9.17) is 11.6 Å². The Bertz CT molecular complexity index is 250. The van der Waals surface area contributed by atoms with Gasteiger partial charge in [-0.15, -0.1) is 0 Å². The third kappa shape index (κ3) is 1.22. The largest absolute Gasteiger partial charge is 0.0847 e. The molecule has 0 spiro atoms. The normalized spacial score (nSPS) is 40.4. The maximum atomic E-state index is 6.03. The van der Waals surface area contributed by atoms with Crippen LogP contribution in [0.15, 0.2) is 22.8 Å². The van der Waals surface area contributed by atoms with E-state index in [0.717, 1.165) is 22.8 Å². The van der Waals surface area contributed by atoms with E-state index in [1.54, 1.807) is 0 Å². The van der Waals surface area contributed by atoms with Crippen molar-refractivity contribution in [2.24, 2.45) is 17.8 Å². The van der Waals surface area contributed by atoms with E-state index in [1.807, 2.05) is 0 Å². The minimum atomic E-state index is 0.725. The van der Waals surface area contributed by atoms with Crippen LogP contribution in [0.5, 0.6) is 0 Å². The summed E-state index contributed by atoms with van der Waals surface area (Å²) < 4.78 is 0. The fourth-order valence-electron chi connectivity index (χ4n) is 2.59. The van der Waals surface area contributed by atoms with Crippen molar-refractivity contribution in [3.05, 3.63) is 22.8 Å². The van der Waals surface area contributed by atoms with Crippen LogP contribution in [0.4, 0.5) is 0 Å². The molecule has 0 radical (unpaired) electrons. The quantitative estimate of drug-likeness (QED) is 0.536. The van der Waals surface area contributed by atoms with Crippen LogP contribution in [-0.4, -0.2) is 0 Å². The Morgan fingerprint density at radius 3 is 2.92 bits per heavy atom. The van der Waals surface area contributed by atoms with Crippen LogP contribution in [0.2, 0.25) is 0 Å². The number of fused-ring (bicyclic) bond motifs is 1. The van der Waals surface area contributed by atoms with Crippen LogP contribution in [-0.2, 0) is 0 Å². The lowest BCUT2D eigenvalue weighted by molar-refractivity contribution is 0.436.